The third kappa shape index (κ3) is 1.72. The fourth-order valence-electron chi connectivity index (χ4n) is 1.81. The number of hydrogen-bond donors (Lipinski definition) is 2. The first kappa shape index (κ1) is 10.5. The highest BCUT2D eigenvalue weighted by molar-refractivity contribution is 5.91. The lowest BCUT2D eigenvalue weighted by Crippen LogP contribution is -2.07. The van der Waals surface area contributed by atoms with Crippen molar-refractivity contribution in [2.24, 2.45) is 0 Å². The lowest BCUT2D eigenvalue weighted by molar-refractivity contribution is -0.138. The Kier molecular flexibility index (Phi) is 2.52. The third-order valence-corrected chi connectivity index (χ3v) is 2.73. The predicted molar refractivity (Wildman–Crippen MR) is 61.7 cm³/mol. The van der Waals surface area contributed by atoms with E-state index in [4.69, 9.17) is 5.11 Å². The Morgan fingerprint density at radius 2 is 2.00 bits per heavy atom. The number of phenolic OH excluding ortho intramolecular Hbond substituents is 1. The van der Waals surface area contributed by atoms with E-state index in [1.807, 2.05) is 6.07 Å². The topological polar surface area (TPSA) is 57.5 Å². The van der Waals surface area contributed by atoms with Gasteiger partial charge in [0.2, 0.25) is 0 Å². The molecular weight excluding hydrogens is 204 g/mol. The molecule has 2 aromatic rings. The van der Waals surface area contributed by atoms with E-state index in [0.717, 1.165) is 16.3 Å². The van der Waals surface area contributed by atoms with Gasteiger partial charge < -0.3 is 10.2 Å². The molecule has 0 aliphatic heterocycles. The number of fused-ring (bicyclic) bond motifs is 1. The van der Waals surface area contributed by atoms with Crippen LogP contribution in [0.3, 0.4) is 0 Å². The van der Waals surface area contributed by atoms with E-state index in [1.165, 1.54) is 0 Å². The number of carbonyl (C=O) groups is 1. The normalized spacial score (nSPS) is 12.6. The molecule has 0 saturated heterocycles. The second-order valence-electron chi connectivity index (χ2n) is 3.81. The Bertz CT molecular complexity index is 546. The second-order valence-corrected chi connectivity index (χ2v) is 3.81. The van der Waals surface area contributed by atoms with Crippen molar-refractivity contribution in [3.63, 3.8) is 0 Å². The first-order valence-electron chi connectivity index (χ1n) is 5.04. The van der Waals surface area contributed by atoms with Crippen molar-refractivity contribution < 1.29 is 15.0 Å². The summed E-state index contributed by atoms with van der Waals surface area (Å²) in [5.74, 6) is -1.21. The highest BCUT2D eigenvalue weighted by Gasteiger charge is 2.15. The van der Waals surface area contributed by atoms with Gasteiger partial charge in [-0.2, -0.15) is 0 Å². The molecule has 16 heavy (non-hydrogen) atoms. The van der Waals surface area contributed by atoms with E-state index in [1.54, 1.807) is 37.3 Å². The minimum absolute atomic E-state index is 0.188. The van der Waals surface area contributed by atoms with Gasteiger partial charge in [-0.05, 0) is 35.4 Å². The van der Waals surface area contributed by atoms with Crippen molar-refractivity contribution in [3.05, 3.63) is 42.0 Å². The quantitative estimate of drug-likeness (QED) is 0.811. The van der Waals surface area contributed by atoms with Crippen LogP contribution in [0.2, 0.25) is 0 Å². The largest absolute Gasteiger partial charge is 0.508 e. The van der Waals surface area contributed by atoms with Crippen LogP contribution in [-0.2, 0) is 4.79 Å². The first-order chi connectivity index (χ1) is 7.59. The molecule has 0 aromatic heterocycles. The molecule has 0 heterocycles. The molecule has 0 spiro atoms. The maximum atomic E-state index is 11.0. The second kappa shape index (κ2) is 3.85. The van der Waals surface area contributed by atoms with Gasteiger partial charge in [-0.1, -0.05) is 24.3 Å². The van der Waals surface area contributed by atoms with Crippen molar-refractivity contribution in [1.29, 1.82) is 0 Å². The van der Waals surface area contributed by atoms with Gasteiger partial charge in [0.1, 0.15) is 5.75 Å². The van der Waals surface area contributed by atoms with Crippen molar-refractivity contribution in [1.82, 2.24) is 0 Å². The average Bonchev–Trinajstić information content (AvgIpc) is 2.26. The van der Waals surface area contributed by atoms with Crippen LogP contribution in [0.25, 0.3) is 10.8 Å². The monoisotopic (exact) mass is 216 g/mol. The zero-order valence-corrected chi connectivity index (χ0v) is 8.84. The van der Waals surface area contributed by atoms with Crippen LogP contribution in [0.4, 0.5) is 0 Å². The standard InChI is InChI=1S/C13H12O3/c1-8(13(15)16)11-4-2-3-9-7-10(14)5-6-12(9)11/h2-8,14H,1H3,(H,15,16)/t8-/m0/s1. The predicted octanol–water partition coefficient (Wildman–Crippen LogP) is 2.73. The van der Waals surface area contributed by atoms with Crippen LogP contribution >= 0.6 is 0 Å². The number of hydrogen-bond acceptors (Lipinski definition) is 2. The lowest BCUT2D eigenvalue weighted by Gasteiger charge is -2.10. The number of aromatic hydroxyl groups is 1. The average molecular weight is 216 g/mol. The summed E-state index contributed by atoms with van der Waals surface area (Å²) in [6.07, 6.45) is 0. The zero-order valence-electron chi connectivity index (χ0n) is 8.84. The molecule has 0 aliphatic carbocycles. The minimum atomic E-state index is -0.847. The molecule has 1 atom stereocenters. The number of rotatable bonds is 2. The molecule has 2 N–H and O–H groups in total. The molecule has 3 nitrogen and oxygen atoms in total. The van der Waals surface area contributed by atoms with Gasteiger partial charge in [-0.15, -0.1) is 0 Å². The van der Waals surface area contributed by atoms with Crippen LogP contribution in [0, 0.1) is 0 Å². The van der Waals surface area contributed by atoms with E-state index in [0.29, 0.717) is 0 Å². The summed E-state index contributed by atoms with van der Waals surface area (Å²) < 4.78 is 0. The summed E-state index contributed by atoms with van der Waals surface area (Å²) in [6, 6.07) is 10.4. The zero-order chi connectivity index (χ0) is 11.7. The van der Waals surface area contributed by atoms with E-state index < -0.39 is 11.9 Å². The van der Waals surface area contributed by atoms with E-state index in [-0.39, 0.29) is 5.75 Å². The molecule has 0 radical (unpaired) electrons. The molecule has 2 aromatic carbocycles. The summed E-state index contributed by atoms with van der Waals surface area (Å²) in [7, 11) is 0. The van der Waals surface area contributed by atoms with Crippen molar-refractivity contribution in [2.45, 2.75) is 12.8 Å². The van der Waals surface area contributed by atoms with Crippen molar-refractivity contribution >= 4 is 16.7 Å². The number of phenols is 1. The van der Waals surface area contributed by atoms with Gasteiger partial charge in [0.15, 0.2) is 0 Å². The molecular formula is C13H12O3. The summed E-state index contributed by atoms with van der Waals surface area (Å²) in [5, 5.41) is 20.1. The Labute approximate surface area is 93.0 Å². The van der Waals surface area contributed by atoms with Crippen LogP contribution < -0.4 is 0 Å². The summed E-state index contributed by atoms with van der Waals surface area (Å²) in [4.78, 5) is 11.0. The van der Waals surface area contributed by atoms with Crippen LogP contribution in [0.5, 0.6) is 5.75 Å². The maximum absolute atomic E-state index is 11.0. The van der Waals surface area contributed by atoms with Gasteiger partial charge >= 0.3 is 5.97 Å². The number of aliphatic carboxylic acids is 1. The number of carboxylic acids is 1. The highest BCUT2D eigenvalue weighted by Crippen LogP contribution is 2.28. The van der Waals surface area contributed by atoms with Gasteiger partial charge in [-0.3, -0.25) is 4.79 Å². The lowest BCUT2D eigenvalue weighted by atomic mass is 9.95. The number of carboxylic acid groups (broad SMARTS) is 1. The molecule has 82 valence electrons. The third-order valence-electron chi connectivity index (χ3n) is 2.73. The fourth-order valence-corrected chi connectivity index (χ4v) is 1.81. The molecule has 0 fully saturated rings. The Balaban J connectivity index is 2.66. The van der Waals surface area contributed by atoms with E-state index >= 15 is 0 Å². The molecule has 0 aliphatic rings. The van der Waals surface area contributed by atoms with E-state index in [9.17, 15) is 9.90 Å². The van der Waals surface area contributed by atoms with Gasteiger partial charge in [0.05, 0.1) is 5.92 Å². The Morgan fingerprint density at radius 1 is 1.25 bits per heavy atom. The summed E-state index contributed by atoms with van der Waals surface area (Å²) >= 11 is 0. The van der Waals surface area contributed by atoms with Gasteiger partial charge in [0, 0.05) is 0 Å². The summed E-state index contributed by atoms with van der Waals surface area (Å²) in [6.45, 7) is 1.66. The molecule has 0 bridgehead atoms. The smallest absolute Gasteiger partial charge is 0.310 e. The van der Waals surface area contributed by atoms with Crippen LogP contribution in [0.15, 0.2) is 36.4 Å². The van der Waals surface area contributed by atoms with Gasteiger partial charge in [0.25, 0.3) is 0 Å². The summed E-state index contributed by atoms with van der Waals surface area (Å²) in [5.41, 5.74) is 0.769. The van der Waals surface area contributed by atoms with Crippen molar-refractivity contribution in [3.8, 4) is 5.75 Å². The first-order valence-corrected chi connectivity index (χ1v) is 5.04. The minimum Gasteiger partial charge on any atom is -0.508 e. The fraction of sp³-hybridized carbons (Fsp3) is 0.154. The molecule has 0 amide bonds. The van der Waals surface area contributed by atoms with Crippen LogP contribution in [-0.4, -0.2) is 16.2 Å². The molecule has 0 unspecified atom stereocenters. The molecule has 0 saturated carbocycles. The van der Waals surface area contributed by atoms with Gasteiger partial charge in [-0.25, -0.2) is 0 Å². The Hall–Kier alpha value is -2.03. The van der Waals surface area contributed by atoms with Crippen molar-refractivity contribution in [2.75, 3.05) is 0 Å². The SMILES string of the molecule is C[C@H](C(=O)O)c1cccc2cc(O)ccc12. The molecule has 3 heteroatoms. The highest BCUT2D eigenvalue weighted by atomic mass is 16.4. The Morgan fingerprint density at radius 3 is 2.69 bits per heavy atom. The maximum Gasteiger partial charge on any atom is 0.310 e. The van der Waals surface area contributed by atoms with Crippen LogP contribution in [0.1, 0.15) is 18.4 Å². The molecule has 2 rings (SSSR count). The van der Waals surface area contributed by atoms with E-state index in [2.05, 4.69) is 0 Å². The number of benzene rings is 2.